The van der Waals surface area contributed by atoms with Crippen molar-refractivity contribution in [3.8, 4) is 0 Å². The molecule has 2 aromatic carbocycles. The SMILES string of the molecule is [2H]c1c([2H])c([2H])c2c(c1[2H])c(=O)c1ccccc1n2C. The standard InChI is InChI=1S/C14H11NO/c1-15-12-8-4-2-6-10(12)14(16)11-7-3-5-9-13(11)15/h2-9H,1H3/i2D,4D,6D,8D. The molecule has 0 aliphatic rings. The average molecular weight is 213 g/mol. The lowest BCUT2D eigenvalue weighted by Crippen LogP contribution is -2.08. The van der Waals surface area contributed by atoms with E-state index in [9.17, 15) is 4.79 Å². The highest BCUT2D eigenvalue weighted by molar-refractivity contribution is 5.93. The van der Waals surface area contributed by atoms with Crippen LogP contribution in [0.15, 0.2) is 53.2 Å². The van der Waals surface area contributed by atoms with Crippen molar-refractivity contribution in [2.45, 2.75) is 0 Å². The van der Waals surface area contributed by atoms with Crippen LogP contribution in [0, 0.1) is 0 Å². The van der Waals surface area contributed by atoms with Crippen molar-refractivity contribution < 1.29 is 5.48 Å². The van der Waals surface area contributed by atoms with Crippen LogP contribution in [0.25, 0.3) is 21.8 Å². The van der Waals surface area contributed by atoms with Gasteiger partial charge >= 0.3 is 0 Å². The van der Waals surface area contributed by atoms with Gasteiger partial charge in [-0.3, -0.25) is 4.79 Å². The zero-order valence-electron chi connectivity index (χ0n) is 12.7. The Morgan fingerprint density at radius 3 is 2.69 bits per heavy atom. The van der Waals surface area contributed by atoms with Crippen LogP contribution in [0.3, 0.4) is 0 Å². The van der Waals surface area contributed by atoms with Crippen molar-refractivity contribution in [3.63, 3.8) is 0 Å². The molecule has 0 radical (unpaired) electrons. The van der Waals surface area contributed by atoms with E-state index in [0.717, 1.165) is 0 Å². The minimum absolute atomic E-state index is 0.0391. The highest BCUT2D eigenvalue weighted by atomic mass is 16.1. The summed E-state index contributed by atoms with van der Waals surface area (Å²) in [6, 6.07) is 5.78. The third-order valence-electron chi connectivity index (χ3n) is 2.74. The molecule has 0 aliphatic heterocycles. The van der Waals surface area contributed by atoms with E-state index < -0.39 is 0 Å². The number of fused-ring (bicyclic) bond motifs is 2. The summed E-state index contributed by atoms with van der Waals surface area (Å²) in [5, 5.41) is 0.490. The molecule has 3 rings (SSSR count). The Kier molecular flexibility index (Phi) is 1.17. The number of hydrogen-bond donors (Lipinski definition) is 0. The molecule has 2 nitrogen and oxygen atoms in total. The lowest BCUT2D eigenvalue weighted by Gasteiger charge is -2.09. The van der Waals surface area contributed by atoms with E-state index in [2.05, 4.69) is 0 Å². The van der Waals surface area contributed by atoms with Gasteiger partial charge in [0.05, 0.1) is 16.5 Å². The number of para-hydroxylation sites is 2. The predicted molar refractivity (Wildman–Crippen MR) is 66.7 cm³/mol. The van der Waals surface area contributed by atoms with Gasteiger partial charge in [0.15, 0.2) is 5.43 Å². The maximum atomic E-state index is 12.5. The number of pyridine rings is 1. The normalized spacial score (nSPS) is 14.6. The van der Waals surface area contributed by atoms with Crippen molar-refractivity contribution in [2.75, 3.05) is 0 Å². The molecule has 0 fully saturated rings. The molecule has 0 amide bonds. The molecule has 2 heteroatoms. The Labute approximate surface area is 98.4 Å². The third-order valence-corrected chi connectivity index (χ3v) is 2.74. The Morgan fingerprint density at radius 1 is 1.06 bits per heavy atom. The maximum Gasteiger partial charge on any atom is 0.197 e. The van der Waals surface area contributed by atoms with Crippen molar-refractivity contribution >= 4 is 21.8 Å². The first-order valence-corrected chi connectivity index (χ1v) is 4.93. The average Bonchev–Trinajstić information content (AvgIpc) is 2.46. The Morgan fingerprint density at radius 2 is 1.81 bits per heavy atom. The molecular formula is C14H11NO. The van der Waals surface area contributed by atoms with E-state index >= 15 is 0 Å². The van der Waals surface area contributed by atoms with E-state index in [0.29, 0.717) is 10.9 Å². The summed E-state index contributed by atoms with van der Waals surface area (Å²) in [6.07, 6.45) is 0. The summed E-state index contributed by atoms with van der Waals surface area (Å²) < 4.78 is 33.0. The van der Waals surface area contributed by atoms with E-state index in [1.54, 1.807) is 35.9 Å². The van der Waals surface area contributed by atoms with Gasteiger partial charge in [0.25, 0.3) is 0 Å². The first-order valence-electron chi connectivity index (χ1n) is 6.93. The zero-order chi connectivity index (χ0) is 14.6. The molecule has 0 spiro atoms. The second-order valence-electron chi connectivity index (χ2n) is 3.63. The minimum Gasteiger partial charge on any atom is -0.343 e. The molecule has 0 saturated carbocycles. The highest BCUT2D eigenvalue weighted by Crippen LogP contribution is 2.16. The summed E-state index contributed by atoms with van der Waals surface area (Å²) in [6.45, 7) is 0. The first kappa shape index (κ1) is 5.85. The van der Waals surface area contributed by atoms with Crippen LogP contribution in [-0.4, -0.2) is 4.57 Å². The van der Waals surface area contributed by atoms with E-state index in [1.807, 2.05) is 0 Å². The molecule has 0 bridgehead atoms. The predicted octanol–water partition coefficient (Wildman–Crippen LogP) is 2.69. The number of nitrogens with zero attached hydrogens (tertiary/aromatic N) is 1. The van der Waals surface area contributed by atoms with E-state index in [-0.39, 0.29) is 40.5 Å². The van der Waals surface area contributed by atoms with Gasteiger partial charge in [-0.05, 0) is 24.2 Å². The van der Waals surface area contributed by atoms with Crippen LogP contribution >= 0.6 is 0 Å². The molecule has 0 atom stereocenters. The largest absolute Gasteiger partial charge is 0.343 e. The number of hydrogen-bond acceptors (Lipinski definition) is 1. The molecule has 3 aromatic rings. The lowest BCUT2D eigenvalue weighted by molar-refractivity contribution is 1.00. The van der Waals surface area contributed by atoms with Crippen LogP contribution in [0.5, 0.6) is 0 Å². The van der Waals surface area contributed by atoms with Gasteiger partial charge in [0.1, 0.15) is 0 Å². The fourth-order valence-corrected chi connectivity index (χ4v) is 1.94. The summed E-state index contributed by atoms with van der Waals surface area (Å²) in [5.41, 5.74) is 0.524. The molecule has 1 heterocycles. The van der Waals surface area contributed by atoms with Crippen LogP contribution in [0.2, 0.25) is 0 Å². The lowest BCUT2D eigenvalue weighted by atomic mass is 10.1. The van der Waals surface area contributed by atoms with Crippen molar-refractivity contribution in [3.05, 3.63) is 58.7 Å². The second-order valence-corrected chi connectivity index (χ2v) is 3.63. The van der Waals surface area contributed by atoms with Gasteiger partial charge in [-0.1, -0.05) is 24.2 Å². The molecule has 16 heavy (non-hydrogen) atoms. The summed E-state index contributed by atoms with van der Waals surface area (Å²) in [5.74, 6) is 0. The highest BCUT2D eigenvalue weighted by Gasteiger charge is 2.06. The molecular weight excluding hydrogens is 198 g/mol. The summed E-state index contributed by atoms with van der Waals surface area (Å²) in [7, 11) is 1.70. The van der Waals surface area contributed by atoms with Gasteiger partial charge in [-0.25, -0.2) is 0 Å². The number of aryl methyl sites for hydroxylation is 1. The van der Waals surface area contributed by atoms with Crippen molar-refractivity contribution in [1.82, 2.24) is 4.57 Å². The molecule has 0 unspecified atom stereocenters. The van der Waals surface area contributed by atoms with Crippen LogP contribution in [0.1, 0.15) is 5.48 Å². The quantitative estimate of drug-likeness (QED) is 0.526. The third kappa shape index (κ3) is 1.10. The summed E-state index contributed by atoms with van der Waals surface area (Å²) >= 11 is 0. The van der Waals surface area contributed by atoms with Crippen LogP contribution < -0.4 is 5.43 Å². The Bertz CT molecular complexity index is 930. The van der Waals surface area contributed by atoms with Gasteiger partial charge in [-0.2, -0.15) is 0 Å². The zero-order valence-corrected chi connectivity index (χ0v) is 8.66. The number of aromatic nitrogens is 1. The van der Waals surface area contributed by atoms with Gasteiger partial charge < -0.3 is 4.57 Å². The maximum absolute atomic E-state index is 12.5. The second kappa shape index (κ2) is 3.20. The van der Waals surface area contributed by atoms with Crippen LogP contribution in [0.4, 0.5) is 0 Å². The fraction of sp³-hybridized carbons (Fsp3) is 0.0714. The van der Waals surface area contributed by atoms with E-state index in [1.165, 1.54) is 0 Å². The van der Waals surface area contributed by atoms with Crippen LogP contribution in [-0.2, 0) is 7.05 Å². The van der Waals surface area contributed by atoms with Gasteiger partial charge in [0, 0.05) is 17.8 Å². The van der Waals surface area contributed by atoms with Crippen molar-refractivity contribution in [2.24, 2.45) is 7.05 Å². The fourth-order valence-electron chi connectivity index (χ4n) is 1.94. The number of rotatable bonds is 0. The molecule has 78 valence electrons. The summed E-state index contributed by atoms with van der Waals surface area (Å²) in [4.78, 5) is 12.5. The molecule has 0 N–H and O–H groups in total. The Hall–Kier alpha value is -2.09. The van der Waals surface area contributed by atoms with Crippen molar-refractivity contribution in [1.29, 1.82) is 0 Å². The first-order chi connectivity index (χ1) is 9.45. The molecule has 1 aromatic heterocycles. The topological polar surface area (TPSA) is 22.0 Å². The van der Waals surface area contributed by atoms with Gasteiger partial charge in [0.2, 0.25) is 0 Å². The number of benzene rings is 2. The van der Waals surface area contributed by atoms with Gasteiger partial charge in [-0.15, -0.1) is 0 Å². The Balaban J connectivity index is 2.78. The minimum atomic E-state index is -0.380. The molecule has 0 aliphatic carbocycles. The van der Waals surface area contributed by atoms with E-state index in [4.69, 9.17) is 5.48 Å². The monoisotopic (exact) mass is 213 g/mol. The smallest absolute Gasteiger partial charge is 0.197 e. The molecule has 0 saturated heterocycles.